The Morgan fingerprint density at radius 1 is 0.707 bits per heavy atom. The highest BCUT2D eigenvalue weighted by Crippen LogP contribution is 2.22. The summed E-state index contributed by atoms with van der Waals surface area (Å²) in [7, 11) is 0. The summed E-state index contributed by atoms with van der Waals surface area (Å²) < 4.78 is 0. The summed E-state index contributed by atoms with van der Waals surface area (Å²) in [6.45, 7) is 11.9. The molecule has 0 aromatic heterocycles. The van der Waals surface area contributed by atoms with E-state index >= 15 is 0 Å². The third kappa shape index (κ3) is 23.6. The normalized spacial score (nSPS) is 14.3. The maximum Gasteiger partial charge on any atom is 0.303 e. The summed E-state index contributed by atoms with van der Waals surface area (Å²) in [6, 6.07) is -0.422. The van der Waals surface area contributed by atoms with Gasteiger partial charge in [-0.25, -0.2) is 0 Å². The van der Waals surface area contributed by atoms with Gasteiger partial charge in [0.1, 0.15) is 0 Å². The van der Waals surface area contributed by atoms with Crippen molar-refractivity contribution in [2.75, 3.05) is 19.6 Å². The van der Waals surface area contributed by atoms with Crippen LogP contribution in [0.5, 0.6) is 0 Å². The fraction of sp³-hybridized carbons (Fsp3) is 0.909. The molecule has 3 atom stereocenters. The van der Waals surface area contributed by atoms with Crippen molar-refractivity contribution in [3.05, 3.63) is 0 Å². The SMILES string of the molecule is CCCCCCCC(C)N[C@@H](CCC(=O)O)C(=O)NCCNC(=O)CNC(C)(CCCCCC)CCCCCCC. The van der Waals surface area contributed by atoms with Gasteiger partial charge in [-0.2, -0.15) is 0 Å². The third-order valence-corrected chi connectivity index (χ3v) is 8.03. The first-order valence-electron chi connectivity index (χ1n) is 16.9. The first-order chi connectivity index (χ1) is 19.7. The van der Waals surface area contributed by atoms with Crippen molar-refractivity contribution in [2.24, 2.45) is 0 Å². The number of carbonyl (C=O) groups is 3. The highest BCUT2D eigenvalue weighted by atomic mass is 16.4. The summed E-state index contributed by atoms with van der Waals surface area (Å²) in [5.41, 5.74) is -0.0404. The van der Waals surface area contributed by atoms with Crippen LogP contribution in [-0.2, 0) is 14.4 Å². The molecule has 242 valence electrons. The number of hydrogen-bond donors (Lipinski definition) is 5. The Morgan fingerprint density at radius 3 is 1.78 bits per heavy atom. The number of carbonyl (C=O) groups excluding carboxylic acids is 2. The fourth-order valence-electron chi connectivity index (χ4n) is 5.27. The first-order valence-corrected chi connectivity index (χ1v) is 16.9. The van der Waals surface area contributed by atoms with E-state index in [0.717, 1.165) is 25.7 Å². The summed E-state index contributed by atoms with van der Waals surface area (Å²) in [6.07, 6.45) is 20.3. The summed E-state index contributed by atoms with van der Waals surface area (Å²) in [5, 5.41) is 21.8. The van der Waals surface area contributed by atoms with Gasteiger partial charge in [0.2, 0.25) is 11.8 Å². The van der Waals surface area contributed by atoms with Crippen LogP contribution in [0.2, 0.25) is 0 Å². The van der Waals surface area contributed by atoms with Gasteiger partial charge in [0.15, 0.2) is 0 Å². The number of carboxylic acid groups (broad SMARTS) is 1. The van der Waals surface area contributed by atoms with Crippen LogP contribution < -0.4 is 21.3 Å². The molecule has 0 rings (SSSR count). The molecule has 8 heteroatoms. The minimum atomic E-state index is -0.907. The van der Waals surface area contributed by atoms with Gasteiger partial charge in [0.05, 0.1) is 12.6 Å². The van der Waals surface area contributed by atoms with Crippen LogP contribution in [0.4, 0.5) is 0 Å². The van der Waals surface area contributed by atoms with Gasteiger partial charge in [-0.3, -0.25) is 14.4 Å². The standard InChI is InChI=1S/C33H66N4O4/c1-6-9-12-15-17-20-28(4)37-29(21-22-31(39)40)32(41)35-26-25-34-30(38)27-36-33(5,23-18-14-11-8-3)24-19-16-13-10-7-2/h28-29,36-37H,6-27H2,1-5H3,(H,34,38)(H,35,41)(H,39,40)/t28?,29-,33?/m0/s1. The highest BCUT2D eigenvalue weighted by Gasteiger charge is 2.24. The molecule has 0 fully saturated rings. The number of nitrogens with one attached hydrogen (secondary N) is 4. The summed E-state index contributed by atoms with van der Waals surface area (Å²) in [5.74, 6) is -1.18. The monoisotopic (exact) mass is 583 g/mol. The number of hydrogen-bond acceptors (Lipinski definition) is 5. The van der Waals surface area contributed by atoms with E-state index in [1.807, 2.05) is 0 Å². The molecule has 41 heavy (non-hydrogen) atoms. The maximum atomic E-state index is 12.8. The van der Waals surface area contributed by atoms with E-state index in [0.29, 0.717) is 13.1 Å². The van der Waals surface area contributed by atoms with Crippen LogP contribution in [0.1, 0.15) is 157 Å². The van der Waals surface area contributed by atoms with E-state index < -0.39 is 12.0 Å². The molecule has 2 unspecified atom stereocenters. The van der Waals surface area contributed by atoms with E-state index in [2.05, 4.69) is 55.9 Å². The molecule has 0 aliphatic heterocycles. The Hall–Kier alpha value is -1.67. The van der Waals surface area contributed by atoms with Crippen LogP contribution in [0.3, 0.4) is 0 Å². The number of aliphatic carboxylic acids is 1. The van der Waals surface area contributed by atoms with Crippen molar-refractivity contribution in [1.82, 2.24) is 21.3 Å². The first kappa shape index (κ1) is 39.3. The van der Waals surface area contributed by atoms with Crippen LogP contribution in [-0.4, -0.2) is 60.1 Å². The fourth-order valence-corrected chi connectivity index (χ4v) is 5.27. The van der Waals surface area contributed by atoms with Gasteiger partial charge >= 0.3 is 5.97 Å². The molecule has 0 aliphatic rings. The zero-order valence-corrected chi connectivity index (χ0v) is 27.4. The lowest BCUT2D eigenvalue weighted by Crippen LogP contribution is -2.50. The molecule has 2 amide bonds. The van der Waals surface area contributed by atoms with E-state index in [1.54, 1.807) is 0 Å². The minimum Gasteiger partial charge on any atom is -0.481 e. The lowest BCUT2D eigenvalue weighted by atomic mass is 9.88. The average Bonchev–Trinajstić information content (AvgIpc) is 2.94. The van der Waals surface area contributed by atoms with Crippen LogP contribution in [0.25, 0.3) is 0 Å². The Bertz CT molecular complexity index is 676. The second-order valence-electron chi connectivity index (χ2n) is 12.3. The zero-order valence-electron chi connectivity index (χ0n) is 27.4. The van der Waals surface area contributed by atoms with Gasteiger partial charge in [-0.05, 0) is 39.5 Å². The molecule has 0 heterocycles. The van der Waals surface area contributed by atoms with Crippen LogP contribution in [0.15, 0.2) is 0 Å². The smallest absolute Gasteiger partial charge is 0.303 e. The van der Waals surface area contributed by atoms with Gasteiger partial charge in [-0.15, -0.1) is 0 Å². The second kappa shape index (κ2) is 26.0. The van der Waals surface area contributed by atoms with Crippen molar-refractivity contribution in [3.8, 4) is 0 Å². The van der Waals surface area contributed by atoms with Crippen molar-refractivity contribution in [2.45, 2.75) is 174 Å². The third-order valence-electron chi connectivity index (χ3n) is 8.03. The molecule has 0 saturated carbocycles. The number of carboxylic acids is 1. The van der Waals surface area contributed by atoms with E-state index in [4.69, 9.17) is 5.11 Å². The highest BCUT2D eigenvalue weighted by molar-refractivity contribution is 5.82. The largest absolute Gasteiger partial charge is 0.481 e. The predicted molar refractivity (Wildman–Crippen MR) is 171 cm³/mol. The number of unbranched alkanes of at least 4 members (excludes halogenated alkanes) is 11. The van der Waals surface area contributed by atoms with Crippen molar-refractivity contribution in [1.29, 1.82) is 0 Å². The molecule has 5 N–H and O–H groups in total. The zero-order chi connectivity index (χ0) is 30.8. The van der Waals surface area contributed by atoms with Crippen molar-refractivity contribution < 1.29 is 19.5 Å². The molecule has 0 aromatic carbocycles. The van der Waals surface area contributed by atoms with Gasteiger partial charge in [0, 0.05) is 31.1 Å². The molecule has 0 saturated heterocycles. The molecule has 0 aliphatic carbocycles. The van der Waals surface area contributed by atoms with Crippen molar-refractivity contribution in [3.63, 3.8) is 0 Å². The Labute approximate surface area is 252 Å². The molecule has 0 radical (unpaired) electrons. The predicted octanol–water partition coefficient (Wildman–Crippen LogP) is 6.47. The molecular formula is C33H66N4O4. The number of rotatable bonds is 29. The van der Waals surface area contributed by atoms with Gasteiger partial charge in [0.25, 0.3) is 0 Å². The maximum absolute atomic E-state index is 12.8. The van der Waals surface area contributed by atoms with E-state index in [9.17, 15) is 14.4 Å². The van der Waals surface area contributed by atoms with Gasteiger partial charge in [-0.1, -0.05) is 111 Å². The lowest BCUT2D eigenvalue weighted by Gasteiger charge is -2.31. The quantitative estimate of drug-likeness (QED) is 0.0645. The number of amides is 2. The van der Waals surface area contributed by atoms with Gasteiger partial charge < -0.3 is 26.4 Å². The molecular weight excluding hydrogens is 516 g/mol. The lowest BCUT2D eigenvalue weighted by molar-refractivity contribution is -0.137. The van der Waals surface area contributed by atoms with E-state index in [1.165, 1.54) is 83.5 Å². The van der Waals surface area contributed by atoms with Crippen LogP contribution in [0, 0.1) is 0 Å². The molecule has 0 aromatic rings. The topological polar surface area (TPSA) is 120 Å². The Balaban J connectivity index is 4.57. The molecule has 8 nitrogen and oxygen atoms in total. The Kier molecular flexibility index (Phi) is 24.9. The minimum absolute atomic E-state index is 0.0404. The summed E-state index contributed by atoms with van der Waals surface area (Å²) >= 11 is 0. The van der Waals surface area contributed by atoms with Crippen molar-refractivity contribution >= 4 is 17.8 Å². The van der Waals surface area contributed by atoms with E-state index in [-0.39, 0.29) is 42.8 Å². The second-order valence-corrected chi connectivity index (χ2v) is 12.3. The van der Waals surface area contributed by atoms with Crippen LogP contribution >= 0.6 is 0 Å². The molecule has 0 spiro atoms. The summed E-state index contributed by atoms with van der Waals surface area (Å²) in [4.78, 5) is 36.5. The molecule has 0 bridgehead atoms. The Morgan fingerprint density at radius 2 is 1.22 bits per heavy atom. The average molecular weight is 583 g/mol.